The third-order valence-corrected chi connectivity index (χ3v) is 4.19. The standard InChI is InChI=1S/C17H27N7O7/c1-8(17(30)31)22-15(28)11(2-3-13(19)26)23-16(29)12(6-25)24-14(27)10(18)4-9-5-20-7-21-9/h5,7-8,10-12,25H,2-4,6,18H2,1H3,(H2,19,26)(H,20,21)(H,22,28)(H,23,29)(H,24,27)(H,30,31). The lowest BCUT2D eigenvalue weighted by Crippen LogP contribution is -2.58. The van der Waals surface area contributed by atoms with Crippen molar-refractivity contribution in [3.8, 4) is 0 Å². The van der Waals surface area contributed by atoms with Gasteiger partial charge in [-0.2, -0.15) is 0 Å². The first-order valence-electron chi connectivity index (χ1n) is 9.31. The van der Waals surface area contributed by atoms with Crippen LogP contribution < -0.4 is 27.4 Å². The fourth-order valence-corrected chi connectivity index (χ4v) is 2.40. The van der Waals surface area contributed by atoms with Gasteiger partial charge in [0.2, 0.25) is 23.6 Å². The Kier molecular flexibility index (Phi) is 10.1. The fraction of sp³-hybridized carbons (Fsp3) is 0.529. The van der Waals surface area contributed by atoms with Gasteiger partial charge in [-0.1, -0.05) is 0 Å². The summed E-state index contributed by atoms with van der Waals surface area (Å²) >= 11 is 0. The summed E-state index contributed by atoms with van der Waals surface area (Å²) in [7, 11) is 0. The molecule has 0 fully saturated rings. The van der Waals surface area contributed by atoms with E-state index >= 15 is 0 Å². The molecule has 14 nitrogen and oxygen atoms in total. The molecule has 4 amide bonds. The number of aliphatic carboxylic acids is 1. The summed E-state index contributed by atoms with van der Waals surface area (Å²) in [6.45, 7) is 0.412. The van der Waals surface area contributed by atoms with Crippen molar-refractivity contribution in [2.75, 3.05) is 6.61 Å². The number of amides is 4. The number of imidazole rings is 1. The van der Waals surface area contributed by atoms with Crippen LogP contribution in [0.25, 0.3) is 0 Å². The number of carboxylic acid groups (broad SMARTS) is 1. The normalized spacial score (nSPS) is 14.5. The monoisotopic (exact) mass is 441 g/mol. The predicted molar refractivity (Wildman–Crippen MR) is 105 cm³/mol. The molecule has 0 saturated heterocycles. The molecular weight excluding hydrogens is 414 g/mol. The molecule has 0 bridgehead atoms. The Labute approximate surface area is 177 Å². The number of nitrogens with one attached hydrogen (secondary N) is 4. The number of aromatic amines is 1. The highest BCUT2D eigenvalue weighted by Gasteiger charge is 2.29. The summed E-state index contributed by atoms with van der Waals surface area (Å²) in [6, 6.07) is -5.07. The second-order valence-electron chi connectivity index (χ2n) is 6.77. The molecule has 172 valence electrons. The van der Waals surface area contributed by atoms with E-state index in [0.717, 1.165) is 0 Å². The van der Waals surface area contributed by atoms with Gasteiger partial charge in [0.05, 0.1) is 19.0 Å². The van der Waals surface area contributed by atoms with Crippen LogP contribution in [0.3, 0.4) is 0 Å². The molecule has 1 rings (SSSR count). The largest absolute Gasteiger partial charge is 0.480 e. The van der Waals surface area contributed by atoms with Gasteiger partial charge in [0.15, 0.2) is 0 Å². The molecule has 0 spiro atoms. The summed E-state index contributed by atoms with van der Waals surface area (Å²) in [5, 5.41) is 25.1. The van der Waals surface area contributed by atoms with E-state index in [1.54, 1.807) is 0 Å². The lowest BCUT2D eigenvalue weighted by molar-refractivity contribution is -0.142. The number of carboxylic acids is 1. The van der Waals surface area contributed by atoms with Crippen molar-refractivity contribution in [1.29, 1.82) is 0 Å². The number of aromatic nitrogens is 2. The Morgan fingerprint density at radius 1 is 1.10 bits per heavy atom. The molecule has 1 aromatic heterocycles. The third-order valence-electron chi connectivity index (χ3n) is 4.19. The van der Waals surface area contributed by atoms with E-state index in [2.05, 4.69) is 25.9 Å². The van der Waals surface area contributed by atoms with Gasteiger partial charge in [-0.3, -0.25) is 24.0 Å². The minimum atomic E-state index is -1.44. The van der Waals surface area contributed by atoms with E-state index in [1.165, 1.54) is 19.4 Å². The van der Waals surface area contributed by atoms with Crippen molar-refractivity contribution < 1.29 is 34.2 Å². The quantitative estimate of drug-likeness (QED) is 0.149. The predicted octanol–water partition coefficient (Wildman–Crippen LogP) is -3.90. The molecule has 0 aromatic carbocycles. The average Bonchev–Trinajstić information content (AvgIpc) is 3.21. The number of hydrogen-bond donors (Lipinski definition) is 8. The van der Waals surface area contributed by atoms with Gasteiger partial charge in [0.1, 0.15) is 18.1 Å². The molecule has 1 aromatic rings. The van der Waals surface area contributed by atoms with Crippen LogP contribution in [0.4, 0.5) is 0 Å². The maximum atomic E-state index is 12.5. The topological polar surface area (TPSA) is 243 Å². The van der Waals surface area contributed by atoms with Crippen LogP contribution in [-0.4, -0.2) is 80.6 Å². The zero-order valence-corrected chi connectivity index (χ0v) is 16.8. The highest BCUT2D eigenvalue weighted by Crippen LogP contribution is 2.01. The number of hydrogen-bond acceptors (Lipinski definition) is 8. The van der Waals surface area contributed by atoms with Crippen LogP contribution in [-0.2, 0) is 30.4 Å². The Balaban J connectivity index is 2.77. The average molecular weight is 441 g/mol. The molecule has 1 heterocycles. The summed E-state index contributed by atoms with van der Waals surface area (Å²) in [5.74, 6) is -4.59. The molecule has 0 radical (unpaired) electrons. The molecule has 0 aliphatic carbocycles. The minimum absolute atomic E-state index is 0.0995. The Morgan fingerprint density at radius 2 is 1.71 bits per heavy atom. The maximum Gasteiger partial charge on any atom is 0.325 e. The molecule has 4 atom stereocenters. The van der Waals surface area contributed by atoms with Crippen LogP contribution >= 0.6 is 0 Å². The van der Waals surface area contributed by atoms with Gasteiger partial charge in [-0.15, -0.1) is 0 Å². The zero-order chi connectivity index (χ0) is 23.6. The van der Waals surface area contributed by atoms with E-state index < -0.39 is 60.4 Å². The summed E-state index contributed by atoms with van der Waals surface area (Å²) in [6.07, 6.45) is 2.49. The second kappa shape index (κ2) is 12.2. The smallest absolute Gasteiger partial charge is 0.325 e. The SMILES string of the molecule is CC(NC(=O)C(CCC(N)=O)NC(=O)C(CO)NC(=O)C(N)Cc1cnc[nH]1)C(=O)O. The molecule has 0 aliphatic rings. The number of primary amides is 1. The van der Waals surface area contributed by atoms with E-state index in [9.17, 15) is 29.1 Å². The van der Waals surface area contributed by atoms with Crippen LogP contribution in [0, 0.1) is 0 Å². The van der Waals surface area contributed by atoms with E-state index in [4.69, 9.17) is 16.6 Å². The van der Waals surface area contributed by atoms with Gasteiger partial charge in [0.25, 0.3) is 0 Å². The van der Waals surface area contributed by atoms with E-state index in [0.29, 0.717) is 5.69 Å². The first kappa shape index (κ1) is 25.5. The summed E-state index contributed by atoms with van der Waals surface area (Å²) in [5.41, 5.74) is 11.4. The van der Waals surface area contributed by atoms with Crippen molar-refractivity contribution in [3.05, 3.63) is 18.2 Å². The molecule has 0 saturated carbocycles. The zero-order valence-electron chi connectivity index (χ0n) is 16.8. The van der Waals surface area contributed by atoms with Crippen molar-refractivity contribution in [3.63, 3.8) is 0 Å². The third kappa shape index (κ3) is 8.79. The Bertz CT molecular complexity index is 784. The number of carbonyl (C=O) groups excluding carboxylic acids is 4. The van der Waals surface area contributed by atoms with Gasteiger partial charge in [0, 0.05) is 24.7 Å². The minimum Gasteiger partial charge on any atom is -0.480 e. The fourth-order valence-electron chi connectivity index (χ4n) is 2.40. The van der Waals surface area contributed by atoms with Gasteiger partial charge in [-0.05, 0) is 13.3 Å². The molecule has 14 heteroatoms. The van der Waals surface area contributed by atoms with Gasteiger partial charge >= 0.3 is 5.97 Å². The van der Waals surface area contributed by atoms with E-state index in [1.807, 2.05) is 0 Å². The van der Waals surface area contributed by atoms with Crippen molar-refractivity contribution in [2.24, 2.45) is 11.5 Å². The number of nitrogens with zero attached hydrogens (tertiary/aromatic N) is 1. The number of rotatable bonds is 13. The number of aliphatic hydroxyl groups is 1. The van der Waals surface area contributed by atoms with Crippen molar-refractivity contribution in [2.45, 2.75) is 50.4 Å². The lowest BCUT2D eigenvalue weighted by Gasteiger charge is -2.23. The van der Waals surface area contributed by atoms with Crippen molar-refractivity contribution >= 4 is 29.6 Å². The molecule has 4 unspecified atom stereocenters. The maximum absolute atomic E-state index is 12.5. The second-order valence-corrected chi connectivity index (χ2v) is 6.77. The summed E-state index contributed by atoms with van der Waals surface area (Å²) in [4.78, 5) is 65.6. The Morgan fingerprint density at radius 3 is 2.23 bits per heavy atom. The highest BCUT2D eigenvalue weighted by molar-refractivity contribution is 5.94. The first-order chi connectivity index (χ1) is 14.5. The first-order valence-corrected chi connectivity index (χ1v) is 9.31. The molecule has 31 heavy (non-hydrogen) atoms. The van der Waals surface area contributed by atoms with Gasteiger partial charge < -0.3 is 42.6 Å². The van der Waals surface area contributed by atoms with Crippen LogP contribution in [0.5, 0.6) is 0 Å². The summed E-state index contributed by atoms with van der Waals surface area (Å²) < 4.78 is 0. The molecule has 0 aliphatic heterocycles. The van der Waals surface area contributed by atoms with Gasteiger partial charge in [-0.25, -0.2) is 4.98 Å². The number of nitrogens with two attached hydrogens (primary N) is 2. The lowest BCUT2D eigenvalue weighted by atomic mass is 10.1. The van der Waals surface area contributed by atoms with Crippen LogP contribution in [0.2, 0.25) is 0 Å². The van der Waals surface area contributed by atoms with Crippen LogP contribution in [0.1, 0.15) is 25.5 Å². The number of carbonyl (C=O) groups is 5. The molecular formula is C17H27N7O7. The number of H-pyrrole nitrogens is 1. The van der Waals surface area contributed by atoms with Crippen molar-refractivity contribution in [1.82, 2.24) is 25.9 Å². The highest BCUT2D eigenvalue weighted by atomic mass is 16.4. The van der Waals surface area contributed by atoms with E-state index in [-0.39, 0.29) is 19.3 Å². The number of aliphatic hydroxyl groups excluding tert-OH is 1. The molecule has 10 N–H and O–H groups in total. The van der Waals surface area contributed by atoms with Crippen LogP contribution in [0.15, 0.2) is 12.5 Å². The Hall–Kier alpha value is -3.52.